The van der Waals surface area contributed by atoms with Gasteiger partial charge >= 0.3 is 0 Å². The lowest BCUT2D eigenvalue weighted by molar-refractivity contribution is 0.284. The molecule has 0 N–H and O–H groups in total. The Morgan fingerprint density at radius 3 is 2.41 bits per heavy atom. The third kappa shape index (κ3) is 2.17. The first-order valence-electron chi connectivity index (χ1n) is 7.43. The Morgan fingerprint density at radius 1 is 1.09 bits per heavy atom. The molecule has 0 aliphatic carbocycles. The standard InChI is InChI=1S/C15H17FN6/c1-9-3-14(20-10(2)19-9)21-7-12-4-13(8-21)22(12)15-17-5-11(16)6-18-15/h3,5-6,12-13H,4,7-8H2,1-2H3. The predicted octanol–water partition coefficient (Wildman–Crippen LogP) is 1.49. The Hall–Kier alpha value is -2.31. The first kappa shape index (κ1) is 13.4. The van der Waals surface area contributed by atoms with Gasteiger partial charge in [-0.25, -0.2) is 24.3 Å². The van der Waals surface area contributed by atoms with Crippen molar-refractivity contribution in [2.45, 2.75) is 32.4 Å². The lowest BCUT2D eigenvalue weighted by Crippen LogP contribution is -2.69. The second-order valence-corrected chi connectivity index (χ2v) is 5.97. The average Bonchev–Trinajstić information content (AvgIpc) is 2.48. The van der Waals surface area contributed by atoms with Gasteiger partial charge in [-0.3, -0.25) is 0 Å². The van der Waals surface area contributed by atoms with E-state index in [1.54, 1.807) is 0 Å². The summed E-state index contributed by atoms with van der Waals surface area (Å²) in [6.07, 6.45) is 3.58. The summed E-state index contributed by atoms with van der Waals surface area (Å²) in [6, 6.07) is 2.75. The molecule has 0 saturated carbocycles. The zero-order chi connectivity index (χ0) is 15.3. The van der Waals surface area contributed by atoms with Crippen LogP contribution in [0.1, 0.15) is 17.9 Å². The minimum absolute atomic E-state index is 0.361. The van der Waals surface area contributed by atoms with Crippen molar-refractivity contribution < 1.29 is 4.39 Å². The number of hydrogen-bond donors (Lipinski definition) is 0. The van der Waals surface area contributed by atoms with E-state index in [2.05, 4.69) is 29.7 Å². The van der Waals surface area contributed by atoms with Crippen LogP contribution in [0.15, 0.2) is 18.5 Å². The number of anilines is 2. The fourth-order valence-corrected chi connectivity index (χ4v) is 3.42. The molecule has 0 radical (unpaired) electrons. The first-order chi connectivity index (χ1) is 10.6. The molecule has 2 unspecified atom stereocenters. The normalized spacial score (nSPS) is 23.4. The highest BCUT2D eigenvalue weighted by Crippen LogP contribution is 2.36. The van der Waals surface area contributed by atoms with Crippen LogP contribution >= 0.6 is 0 Å². The molecule has 0 aromatic carbocycles. The van der Waals surface area contributed by atoms with E-state index in [0.29, 0.717) is 18.0 Å². The van der Waals surface area contributed by atoms with Gasteiger partial charge in [-0.2, -0.15) is 0 Å². The van der Waals surface area contributed by atoms with E-state index in [0.717, 1.165) is 36.8 Å². The van der Waals surface area contributed by atoms with Gasteiger partial charge in [-0.1, -0.05) is 0 Å². The van der Waals surface area contributed by atoms with E-state index in [1.807, 2.05) is 19.9 Å². The van der Waals surface area contributed by atoms with Crippen molar-refractivity contribution in [1.29, 1.82) is 0 Å². The van der Waals surface area contributed by atoms with Gasteiger partial charge in [-0.05, 0) is 20.3 Å². The zero-order valence-corrected chi connectivity index (χ0v) is 12.6. The van der Waals surface area contributed by atoms with E-state index in [1.165, 1.54) is 12.4 Å². The molecule has 3 aliphatic heterocycles. The molecule has 0 amide bonds. The van der Waals surface area contributed by atoms with E-state index < -0.39 is 5.82 Å². The summed E-state index contributed by atoms with van der Waals surface area (Å²) >= 11 is 0. The van der Waals surface area contributed by atoms with Crippen molar-refractivity contribution in [3.05, 3.63) is 35.8 Å². The molecule has 5 heterocycles. The molecule has 2 bridgehead atoms. The van der Waals surface area contributed by atoms with E-state index in [-0.39, 0.29) is 0 Å². The van der Waals surface area contributed by atoms with Gasteiger partial charge in [0.05, 0.1) is 24.5 Å². The quantitative estimate of drug-likeness (QED) is 0.837. The molecule has 0 spiro atoms. The molecule has 3 aliphatic rings. The van der Waals surface area contributed by atoms with Crippen molar-refractivity contribution in [1.82, 2.24) is 19.9 Å². The largest absolute Gasteiger partial charge is 0.352 e. The maximum absolute atomic E-state index is 13.0. The highest BCUT2D eigenvalue weighted by molar-refractivity contribution is 5.49. The van der Waals surface area contributed by atoms with Crippen LogP contribution in [0.2, 0.25) is 0 Å². The maximum Gasteiger partial charge on any atom is 0.226 e. The van der Waals surface area contributed by atoms with Crippen LogP contribution in [0.3, 0.4) is 0 Å². The lowest BCUT2D eigenvalue weighted by Gasteiger charge is -2.56. The lowest BCUT2D eigenvalue weighted by atomic mass is 9.88. The fourth-order valence-electron chi connectivity index (χ4n) is 3.42. The van der Waals surface area contributed by atoms with Gasteiger partial charge in [0, 0.05) is 24.8 Å². The van der Waals surface area contributed by atoms with Gasteiger partial charge in [0.1, 0.15) is 11.6 Å². The number of rotatable bonds is 2. The number of hydrogen-bond acceptors (Lipinski definition) is 6. The molecule has 2 aromatic heterocycles. The van der Waals surface area contributed by atoms with E-state index in [4.69, 9.17) is 0 Å². The van der Waals surface area contributed by atoms with Crippen molar-refractivity contribution in [2.24, 2.45) is 0 Å². The summed E-state index contributed by atoms with van der Waals surface area (Å²) in [7, 11) is 0. The third-order valence-corrected chi connectivity index (χ3v) is 4.31. The molecule has 5 rings (SSSR count). The summed E-state index contributed by atoms with van der Waals surface area (Å²) in [4.78, 5) is 21.6. The number of aromatic nitrogens is 4. The van der Waals surface area contributed by atoms with E-state index in [9.17, 15) is 4.39 Å². The topological polar surface area (TPSA) is 58.0 Å². The Labute approximate surface area is 128 Å². The van der Waals surface area contributed by atoms with Gasteiger partial charge in [0.25, 0.3) is 0 Å². The zero-order valence-electron chi connectivity index (χ0n) is 12.6. The number of nitrogens with zero attached hydrogens (tertiary/aromatic N) is 6. The minimum Gasteiger partial charge on any atom is -0.352 e. The molecule has 2 atom stereocenters. The molecular formula is C15H17FN6. The Balaban J connectivity index is 1.53. The summed E-state index contributed by atoms with van der Waals surface area (Å²) in [5, 5.41) is 0. The predicted molar refractivity (Wildman–Crippen MR) is 80.4 cm³/mol. The smallest absolute Gasteiger partial charge is 0.226 e. The first-order valence-corrected chi connectivity index (χ1v) is 7.43. The van der Waals surface area contributed by atoms with Crippen LogP contribution in [0.5, 0.6) is 0 Å². The number of halogens is 1. The van der Waals surface area contributed by atoms with Crippen molar-refractivity contribution in [3.63, 3.8) is 0 Å². The van der Waals surface area contributed by atoms with Crippen LogP contribution in [-0.4, -0.2) is 45.1 Å². The Morgan fingerprint density at radius 2 is 1.77 bits per heavy atom. The van der Waals surface area contributed by atoms with Gasteiger partial charge in [0.2, 0.25) is 5.95 Å². The molecule has 3 saturated heterocycles. The Kier molecular flexibility index (Phi) is 2.95. The Bertz CT molecular complexity index is 671. The van der Waals surface area contributed by atoms with Crippen LogP contribution in [0, 0.1) is 19.7 Å². The average molecular weight is 300 g/mol. The fraction of sp³-hybridized carbons (Fsp3) is 0.467. The van der Waals surface area contributed by atoms with Crippen LogP contribution in [0.4, 0.5) is 16.2 Å². The monoisotopic (exact) mass is 300 g/mol. The summed E-state index contributed by atoms with van der Waals surface area (Å²) < 4.78 is 13.0. The molecular weight excluding hydrogens is 283 g/mol. The number of piperazine rings is 1. The van der Waals surface area contributed by atoms with Gasteiger partial charge in [-0.15, -0.1) is 0 Å². The van der Waals surface area contributed by atoms with Crippen LogP contribution in [-0.2, 0) is 0 Å². The second kappa shape index (κ2) is 4.86. The SMILES string of the molecule is Cc1cc(N2CC3CC(C2)N3c2ncc(F)cn2)nc(C)n1. The van der Waals surface area contributed by atoms with Crippen LogP contribution < -0.4 is 9.80 Å². The van der Waals surface area contributed by atoms with E-state index >= 15 is 0 Å². The third-order valence-electron chi connectivity index (χ3n) is 4.31. The maximum atomic E-state index is 13.0. The molecule has 6 nitrogen and oxygen atoms in total. The van der Waals surface area contributed by atoms with Gasteiger partial charge in [0.15, 0.2) is 5.82 Å². The molecule has 2 aromatic rings. The van der Waals surface area contributed by atoms with Gasteiger partial charge < -0.3 is 9.80 Å². The highest BCUT2D eigenvalue weighted by Gasteiger charge is 2.46. The van der Waals surface area contributed by atoms with Crippen molar-refractivity contribution in [3.8, 4) is 0 Å². The minimum atomic E-state index is -0.400. The number of aryl methyl sites for hydroxylation is 2. The second-order valence-electron chi connectivity index (χ2n) is 5.97. The number of piperidine rings is 1. The van der Waals surface area contributed by atoms with Crippen molar-refractivity contribution in [2.75, 3.05) is 22.9 Å². The number of fused-ring (bicyclic) bond motifs is 2. The molecule has 3 fully saturated rings. The summed E-state index contributed by atoms with van der Waals surface area (Å²) in [5.74, 6) is 2.01. The highest BCUT2D eigenvalue weighted by atomic mass is 19.1. The summed E-state index contributed by atoms with van der Waals surface area (Å²) in [6.45, 7) is 5.67. The molecule has 7 heteroatoms. The molecule has 114 valence electrons. The van der Waals surface area contributed by atoms with Crippen LogP contribution in [0.25, 0.3) is 0 Å². The van der Waals surface area contributed by atoms with Crippen molar-refractivity contribution >= 4 is 11.8 Å². The molecule has 22 heavy (non-hydrogen) atoms. The summed E-state index contributed by atoms with van der Waals surface area (Å²) in [5.41, 5.74) is 0.987.